The van der Waals surface area contributed by atoms with Crippen molar-refractivity contribution in [1.82, 2.24) is 0 Å². The normalized spacial score (nSPS) is 18.4. The summed E-state index contributed by atoms with van der Waals surface area (Å²) in [4.78, 5) is 11.6. The Labute approximate surface area is 204 Å². The topological polar surface area (TPSA) is 65.0 Å². The molecule has 0 radical (unpaired) electrons. The molecule has 1 N–H and O–H groups in total. The van der Waals surface area contributed by atoms with E-state index in [1.54, 1.807) is 18.2 Å². The van der Waals surface area contributed by atoms with E-state index in [1.807, 2.05) is 0 Å². The lowest BCUT2D eigenvalue weighted by Gasteiger charge is -2.20. The molecule has 0 bridgehead atoms. The molecule has 2 aliphatic rings. The molecule has 188 valence electrons. The summed E-state index contributed by atoms with van der Waals surface area (Å²) >= 11 is 0. The zero-order valence-electron chi connectivity index (χ0n) is 19.2. The van der Waals surface area contributed by atoms with Crippen LogP contribution in [0.3, 0.4) is 0 Å². The van der Waals surface area contributed by atoms with E-state index in [0.717, 1.165) is 5.56 Å². The summed E-state index contributed by atoms with van der Waals surface area (Å²) in [6.45, 7) is 0.311. The SMILES string of the molecule is COC(=O)C[C@@H]1COc2cc(O[C@@H]3CCc4c(-c5ccc(O)cc5)c(C(F)(F)F)cc(F)c43)ccc21. The lowest BCUT2D eigenvalue weighted by molar-refractivity contribution is -0.141. The highest BCUT2D eigenvalue weighted by molar-refractivity contribution is 5.75. The molecular weight excluding hydrogens is 480 g/mol. The number of benzene rings is 3. The van der Waals surface area contributed by atoms with Crippen molar-refractivity contribution in [2.45, 2.75) is 37.5 Å². The Morgan fingerprint density at radius 3 is 2.58 bits per heavy atom. The number of carbonyl (C=O) groups excluding carboxylic acids is 1. The van der Waals surface area contributed by atoms with Gasteiger partial charge in [-0.3, -0.25) is 4.79 Å². The highest BCUT2D eigenvalue weighted by Crippen LogP contribution is 2.48. The molecule has 5 rings (SSSR count). The number of phenols is 1. The highest BCUT2D eigenvalue weighted by atomic mass is 19.4. The number of ether oxygens (including phenoxy) is 3. The third kappa shape index (κ3) is 4.34. The quantitative estimate of drug-likeness (QED) is 0.327. The van der Waals surface area contributed by atoms with E-state index >= 15 is 4.39 Å². The number of alkyl halides is 3. The summed E-state index contributed by atoms with van der Waals surface area (Å²) < 4.78 is 73.2. The molecule has 3 aromatic carbocycles. The van der Waals surface area contributed by atoms with Crippen LogP contribution in [0.4, 0.5) is 17.6 Å². The van der Waals surface area contributed by atoms with Crippen molar-refractivity contribution in [2.24, 2.45) is 0 Å². The molecule has 0 amide bonds. The average Bonchev–Trinajstić information content (AvgIpc) is 3.43. The fraction of sp³-hybridized carbons (Fsp3) is 0.296. The van der Waals surface area contributed by atoms with Gasteiger partial charge in [0.1, 0.15) is 29.2 Å². The molecule has 2 atom stereocenters. The van der Waals surface area contributed by atoms with E-state index < -0.39 is 23.7 Å². The highest BCUT2D eigenvalue weighted by Gasteiger charge is 2.40. The number of phenolic OH excluding ortho intramolecular Hbond substituents is 1. The Morgan fingerprint density at radius 2 is 1.89 bits per heavy atom. The van der Waals surface area contributed by atoms with Crippen molar-refractivity contribution in [2.75, 3.05) is 13.7 Å². The zero-order valence-corrected chi connectivity index (χ0v) is 19.2. The Hall–Kier alpha value is -3.75. The molecule has 0 saturated heterocycles. The van der Waals surface area contributed by atoms with Gasteiger partial charge in [-0.05, 0) is 53.8 Å². The monoisotopic (exact) mass is 502 g/mol. The lowest BCUT2D eigenvalue weighted by Crippen LogP contribution is -2.12. The van der Waals surface area contributed by atoms with Crippen molar-refractivity contribution in [3.8, 4) is 28.4 Å². The van der Waals surface area contributed by atoms with Gasteiger partial charge in [0, 0.05) is 23.1 Å². The van der Waals surface area contributed by atoms with Crippen LogP contribution in [-0.2, 0) is 22.1 Å². The number of fused-ring (bicyclic) bond motifs is 2. The smallest absolute Gasteiger partial charge is 0.417 e. The Morgan fingerprint density at radius 1 is 1.14 bits per heavy atom. The first-order chi connectivity index (χ1) is 17.2. The van der Waals surface area contributed by atoms with Crippen LogP contribution in [0.25, 0.3) is 11.1 Å². The summed E-state index contributed by atoms with van der Waals surface area (Å²) in [5, 5.41) is 9.58. The molecule has 1 heterocycles. The first kappa shape index (κ1) is 24.0. The van der Waals surface area contributed by atoms with E-state index in [9.17, 15) is 23.1 Å². The second kappa shape index (κ2) is 9.04. The Balaban J connectivity index is 1.48. The summed E-state index contributed by atoms with van der Waals surface area (Å²) in [5.41, 5.74) is 0.236. The summed E-state index contributed by atoms with van der Waals surface area (Å²) in [6.07, 6.45) is -4.89. The number of aromatic hydroxyl groups is 1. The molecule has 0 spiro atoms. The van der Waals surface area contributed by atoms with Gasteiger partial charge in [0.2, 0.25) is 0 Å². The predicted octanol–water partition coefficient (Wildman–Crippen LogP) is 6.32. The minimum atomic E-state index is -4.76. The van der Waals surface area contributed by atoms with Gasteiger partial charge >= 0.3 is 12.1 Å². The number of halogens is 4. The first-order valence-electron chi connectivity index (χ1n) is 11.4. The van der Waals surface area contributed by atoms with Gasteiger partial charge in [0.05, 0.1) is 25.7 Å². The van der Waals surface area contributed by atoms with E-state index in [1.165, 1.54) is 31.4 Å². The van der Waals surface area contributed by atoms with Crippen LogP contribution in [0.2, 0.25) is 0 Å². The fourth-order valence-electron chi connectivity index (χ4n) is 4.99. The van der Waals surface area contributed by atoms with Crippen molar-refractivity contribution in [1.29, 1.82) is 0 Å². The summed E-state index contributed by atoms with van der Waals surface area (Å²) in [5.74, 6) is -0.636. The van der Waals surface area contributed by atoms with Crippen LogP contribution in [0.5, 0.6) is 17.2 Å². The molecule has 1 aliphatic carbocycles. The second-order valence-corrected chi connectivity index (χ2v) is 8.85. The number of hydrogen-bond donors (Lipinski definition) is 1. The van der Waals surface area contributed by atoms with Crippen molar-refractivity contribution < 1.29 is 41.7 Å². The lowest BCUT2D eigenvalue weighted by atomic mass is 9.91. The molecule has 0 unspecified atom stereocenters. The standard InChI is InChI=1S/C27H22F4O5/c1-34-24(33)10-15-13-35-23-11-17(6-7-18(15)23)36-22-9-8-19-25(14-2-4-16(32)5-3-14)20(27(29,30)31)12-21(28)26(19)22/h2-7,11-12,15,22,32H,8-10,13H2,1H3/t15-,22-/m1/s1. The van der Waals surface area contributed by atoms with Crippen LogP contribution in [-0.4, -0.2) is 24.8 Å². The zero-order chi connectivity index (χ0) is 25.6. The van der Waals surface area contributed by atoms with E-state index in [4.69, 9.17) is 14.2 Å². The third-order valence-corrected chi connectivity index (χ3v) is 6.65. The maximum absolute atomic E-state index is 15.1. The molecule has 9 heteroatoms. The number of esters is 1. The third-order valence-electron chi connectivity index (χ3n) is 6.65. The van der Waals surface area contributed by atoms with Gasteiger partial charge in [-0.1, -0.05) is 18.2 Å². The molecule has 0 aromatic heterocycles. The van der Waals surface area contributed by atoms with Crippen molar-refractivity contribution >= 4 is 5.97 Å². The fourth-order valence-corrected chi connectivity index (χ4v) is 4.99. The van der Waals surface area contributed by atoms with Gasteiger partial charge < -0.3 is 19.3 Å². The molecule has 1 aliphatic heterocycles. The molecular formula is C27H22F4O5. The summed E-state index contributed by atoms with van der Waals surface area (Å²) in [7, 11) is 1.32. The minimum absolute atomic E-state index is 0.0834. The minimum Gasteiger partial charge on any atom is -0.508 e. The maximum atomic E-state index is 15.1. The van der Waals surface area contributed by atoms with Crippen LogP contribution in [0, 0.1) is 5.82 Å². The van der Waals surface area contributed by atoms with Crippen LogP contribution in [0.1, 0.15) is 47.1 Å². The van der Waals surface area contributed by atoms with Gasteiger partial charge in [0.25, 0.3) is 0 Å². The van der Waals surface area contributed by atoms with Gasteiger partial charge in [-0.15, -0.1) is 0 Å². The molecule has 3 aromatic rings. The van der Waals surface area contributed by atoms with Crippen LogP contribution < -0.4 is 9.47 Å². The van der Waals surface area contributed by atoms with Gasteiger partial charge in [0.15, 0.2) is 0 Å². The van der Waals surface area contributed by atoms with E-state index in [2.05, 4.69) is 0 Å². The number of hydrogen-bond acceptors (Lipinski definition) is 5. The number of methoxy groups -OCH3 is 1. The van der Waals surface area contributed by atoms with Crippen LogP contribution in [0.15, 0.2) is 48.5 Å². The second-order valence-electron chi connectivity index (χ2n) is 8.85. The number of rotatable bonds is 5. The van der Waals surface area contributed by atoms with Crippen LogP contribution >= 0.6 is 0 Å². The van der Waals surface area contributed by atoms with Crippen molar-refractivity contribution in [3.05, 3.63) is 76.6 Å². The Kier molecular flexibility index (Phi) is 6.02. The number of carbonyl (C=O) groups is 1. The van der Waals surface area contributed by atoms with E-state index in [0.29, 0.717) is 30.6 Å². The van der Waals surface area contributed by atoms with Gasteiger partial charge in [-0.2, -0.15) is 13.2 Å². The average molecular weight is 502 g/mol. The largest absolute Gasteiger partial charge is 0.508 e. The molecule has 0 saturated carbocycles. The van der Waals surface area contributed by atoms with Crippen molar-refractivity contribution in [3.63, 3.8) is 0 Å². The van der Waals surface area contributed by atoms with E-state index in [-0.39, 0.29) is 52.7 Å². The Bertz CT molecular complexity index is 1320. The van der Waals surface area contributed by atoms with Gasteiger partial charge in [-0.25, -0.2) is 4.39 Å². The maximum Gasteiger partial charge on any atom is 0.417 e. The predicted molar refractivity (Wildman–Crippen MR) is 122 cm³/mol. The molecule has 36 heavy (non-hydrogen) atoms. The summed E-state index contributed by atoms with van der Waals surface area (Å²) in [6, 6.07) is 11.0. The first-order valence-corrected chi connectivity index (χ1v) is 11.4. The molecule has 0 fully saturated rings. The molecule has 5 nitrogen and oxygen atoms in total.